The van der Waals surface area contributed by atoms with Gasteiger partial charge in [-0.15, -0.1) is 0 Å². The molecule has 0 atom stereocenters. The molecule has 2 aromatic rings. The van der Waals surface area contributed by atoms with Crippen LogP contribution in [0.2, 0.25) is 0 Å². The van der Waals surface area contributed by atoms with Crippen molar-refractivity contribution < 1.29 is 18.3 Å². The molecule has 0 saturated carbocycles. The molecule has 5 heteroatoms. The second-order valence-corrected chi connectivity index (χ2v) is 4.87. The highest BCUT2D eigenvalue weighted by Crippen LogP contribution is 2.24. The predicted octanol–water partition coefficient (Wildman–Crippen LogP) is 4.71. The van der Waals surface area contributed by atoms with E-state index in [0.717, 1.165) is 5.75 Å². The van der Waals surface area contributed by atoms with Crippen LogP contribution in [-0.4, -0.2) is 6.61 Å². The minimum absolute atomic E-state index is 0.103. The molecule has 0 aromatic heterocycles. The standard InChI is InChI=1S/C15H13BrF2O2/c1-2-19-10-3-5-11(6-4-10)20-9-12-14(17)8-7-13(16)15(12)18/h3-8H,2,9H2,1H3. The number of hydrogen-bond acceptors (Lipinski definition) is 2. The Bertz CT molecular complexity index is 585. The lowest BCUT2D eigenvalue weighted by molar-refractivity contribution is 0.290. The van der Waals surface area contributed by atoms with Crippen LogP contribution in [-0.2, 0) is 6.61 Å². The van der Waals surface area contributed by atoms with Crippen molar-refractivity contribution in [1.82, 2.24) is 0 Å². The molecule has 0 radical (unpaired) electrons. The molecule has 0 aliphatic carbocycles. The van der Waals surface area contributed by atoms with Crippen molar-refractivity contribution in [1.29, 1.82) is 0 Å². The Hall–Kier alpha value is -1.62. The van der Waals surface area contributed by atoms with Gasteiger partial charge in [0, 0.05) is 0 Å². The number of benzene rings is 2. The van der Waals surface area contributed by atoms with Crippen LogP contribution in [0.5, 0.6) is 11.5 Å². The maximum atomic E-state index is 13.7. The fourth-order valence-corrected chi connectivity index (χ4v) is 2.03. The number of ether oxygens (including phenoxy) is 2. The first kappa shape index (κ1) is 14.8. The Morgan fingerprint density at radius 1 is 0.950 bits per heavy atom. The molecule has 2 nitrogen and oxygen atoms in total. The monoisotopic (exact) mass is 342 g/mol. The molecule has 0 N–H and O–H groups in total. The predicted molar refractivity (Wildman–Crippen MR) is 76.0 cm³/mol. The molecule has 0 unspecified atom stereocenters. The SMILES string of the molecule is CCOc1ccc(OCc2c(F)ccc(Br)c2F)cc1. The van der Waals surface area contributed by atoms with E-state index in [1.54, 1.807) is 24.3 Å². The zero-order valence-corrected chi connectivity index (χ0v) is 12.4. The van der Waals surface area contributed by atoms with Gasteiger partial charge in [0.25, 0.3) is 0 Å². The van der Waals surface area contributed by atoms with Crippen LogP contribution >= 0.6 is 15.9 Å². The van der Waals surface area contributed by atoms with Crippen LogP contribution in [0.15, 0.2) is 40.9 Å². The number of rotatable bonds is 5. The second kappa shape index (κ2) is 6.70. The van der Waals surface area contributed by atoms with E-state index in [2.05, 4.69) is 15.9 Å². The minimum Gasteiger partial charge on any atom is -0.494 e. The van der Waals surface area contributed by atoms with E-state index in [1.807, 2.05) is 6.92 Å². The highest BCUT2D eigenvalue weighted by atomic mass is 79.9. The van der Waals surface area contributed by atoms with Gasteiger partial charge in [0.05, 0.1) is 16.6 Å². The highest BCUT2D eigenvalue weighted by Gasteiger charge is 2.12. The van der Waals surface area contributed by atoms with E-state index in [4.69, 9.17) is 9.47 Å². The van der Waals surface area contributed by atoms with Crippen molar-refractivity contribution in [2.75, 3.05) is 6.61 Å². The molecule has 2 rings (SSSR count). The van der Waals surface area contributed by atoms with Gasteiger partial charge in [0.2, 0.25) is 0 Å². The maximum absolute atomic E-state index is 13.7. The highest BCUT2D eigenvalue weighted by molar-refractivity contribution is 9.10. The number of hydrogen-bond donors (Lipinski definition) is 0. The molecule has 20 heavy (non-hydrogen) atoms. The summed E-state index contributed by atoms with van der Waals surface area (Å²) >= 11 is 3.02. The van der Waals surface area contributed by atoms with Gasteiger partial charge >= 0.3 is 0 Å². The molecule has 0 saturated heterocycles. The van der Waals surface area contributed by atoms with E-state index < -0.39 is 11.6 Å². The molecule has 106 valence electrons. The first-order valence-electron chi connectivity index (χ1n) is 6.10. The molecular weight excluding hydrogens is 330 g/mol. The summed E-state index contributed by atoms with van der Waals surface area (Å²) in [5, 5.41) is 0. The fourth-order valence-electron chi connectivity index (χ4n) is 1.66. The van der Waals surface area contributed by atoms with Crippen molar-refractivity contribution in [2.45, 2.75) is 13.5 Å². The van der Waals surface area contributed by atoms with E-state index >= 15 is 0 Å². The molecule has 2 aromatic carbocycles. The van der Waals surface area contributed by atoms with Crippen molar-refractivity contribution >= 4 is 15.9 Å². The van der Waals surface area contributed by atoms with E-state index in [-0.39, 0.29) is 16.6 Å². The van der Waals surface area contributed by atoms with E-state index in [9.17, 15) is 8.78 Å². The van der Waals surface area contributed by atoms with Gasteiger partial charge in [-0.2, -0.15) is 0 Å². The summed E-state index contributed by atoms with van der Waals surface area (Å²) in [7, 11) is 0. The van der Waals surface area contributed by atoms with E-state index in [0.29, 0.717) is 12.4 Å². The van der Waals surface area contributed by atoms with Gasteiger partial charge in [-0.1, -0.05) is 0 Å². The van der Waals surface area contributed by atoms with Gasteiger partial charge < -0.3 is 9.47 Å². The Balaban J connectivity index is 2.07. The van der Waals surface area contributed by atoms with Crippen LogP contribution in [0.4, 0.5) is 8.78 Å². The quantitative estimate of drug-likeness (QED) is 0.733. The van der Waals surface area contributed by atoms with Crippen molar-refractivity contribution in [2.24, 2.45) is 0 Å². The summed E-state index contributed by atoms with van der Waals surface area (Å²) in [6.07, 6.45) is 0. The topological polar surface area (TPSA) is 18.5 Å². The van der Waals surface area contributed by atoms with Crippen LogP contribution in [0.25, 0.3) is 0 Å². The van der Waals surface area contributed by atoms with Gasteiger partial charge in [0.1, 0.15) is 29.7 Å². The summed E-state index contributed by atoms with van der Waals surface area (Å²) in [4.78, 5) is 0. The molecule has 0 heterocycles. The Kier molecular flexibility index (Phi) is 4.95. The summed E-state index contributed by atoms with van der Waals surface area (Å²) in [5.74, 6) is -0.0283. The molecule has 0 spiro atoms. The normalized spacial score (nSPS) is 10.4. The van der Waals surface area contributed by atoms with Crippen LogP contribution in [0, 0.1) is 11.6 Å². The van der Waals surface area contributed by atoms with Crippen LogP contribution in [0.1, 0.15) is 12.5 Å². The molecule has 0 amide bonds. The zero-order valence-electron chi connectivity index (χ0n) is 10.8. The Labute approximate surface area is 124 Å². The van der Waals surface area contributed by atoms with E-state index in [1.165, 1.54) is 12.1 Å². The van der Waals surface area contributed by atoms with Gasteiger partial charge in [-0.3, -0.25) is 0 Å². The van der Waals surface area contributed by atoms with Crippen molar-refractivity contribution in [3.05, 3.63) is 58.1 Å². The Morgan fingerprint density at radius 3 is 2.15 bits per heavy atom. The third-order valence-electron chi connectivity index (χ3n) is 2.66. The summed E-state index contributed by atoms with van der Waals surface area (Å²) in [6.45, 7) is 2.29. The zero-order chi connectivity index (χ0) is 14.5. The lowest BCUT2D eigenvalue weighted by Gasteiger charge is -2.10. The van der Waals surface area contributed by atoms with Gasteiger partial charge in [0.15, 0.2) is 0 Å². The van der Waals surface area contributed by atoms with Gasteiger partial charge in [-0.05, 0) is 59.3 Å². The summed E-state index contributed by atoms with van der Waals surface area (Å²) in [6, 6.07) is 9.39. The third-order valence-corrected chi connectivity index (χ3v) is 3.27. The molecule has 0 aliphatic rings. The fraction of sp³-hybridized carbons (Fsp3) is 0.200. The summed E-state index contributed by atoms with van der Waals surface area (Å²) < 4.78 is 38.2. The minimum atomic E-state index is -0.643. The lowest BCUT2D eigenvalue weighted by Crippen LogP contribution is -2.02. The summed E-state index contributed by atoms with van der Waals surface area (Å²) in [5.41, 5.74) is -0.103. The molecule has 0 aliphatic heterocycles. The van der Waals surface area contributed by atoms with Crippen molar-refractivity contribution in [3.8, 4) is 11.5 Å². The molecular formula is C15H13BrF2O2. The first-order chi connectivity index (χ1) is 9.61. The first-order valence-corrected chi connectivity index (χ1v) is 6.89. The van der Waals surface area contributed by atoms with Gasteiger partial charge in [-0.25, -0.2) is 8.78 Å². The lowest BCUT2D eigenvalue weighted by atomic mass is 10.2. The smallest absolute Gasteiger partial charge is 0.146 e. The molecule has 0 bridgehead atoms. The van der Waals surface area contributed by atoms with Crippen LogP contribution in [0.3, 0.4) is 0 Å². The second-order valence-electron chi connectivity index (χ2n) is 4.01. The number of halogens is 3. The third kappa shape index (κ3) is 3.48. The largest absolute Gasteiger partial charge is 0.494 e. The average molecular weight is 343 g/mol. The average Bonchev–Trinajstić information content (AvgIpc) is 2.45. The Morgan fingerprint density at radius 2 is 1.55 bits per heavy atom. The van der Waals surface area contributed by atoms with Crippen molar-refractivity contribution in [3.63, 3.8) is 0 Å². The molecule has 0 fully saturated rings. The van der Waals surface area contributed by atoms with Crippen LogP contribution < -0.4 is 9.47 Å². The maximum Gasteiger partial charge on any atom is 0.146 e.